The third-order valence-electron chi connectivity index (χ3n) is 3.49. The van der Waals surface area contributed by atoms with Crippen LogP contribution in [0.3, 0.4) is 0 Å². The lowest BCUT2D eigenvalue weighted by Gasteiger charge is -2.21. The lowest BCUT2D eigenvalue weighted by atomic mass is 10.0. The number of aryl methyl sites for hydroxylation is 2. The van der Waals surface area contributed by atoms with Gasteiger partial charge < -0.3 is 9.88 Å². The van der Waals surface area contributed by atoms with Crippen molar-refractivity contribution in [2.24, 2.45) is 0 Å². The van der Waals surface area contributed by atoms with Crippen molar-refractivity contribution >= 4 is 15.9 Å². The van der Waals surface area contributed by atoms with Gasteiger partial charge in [-0.25, -0.2) is 4.98 Å². The summed E-state index contributed by atoms with van der Waals surface area (Å²) in [5.74, 6) is 1.09. The molecule has 2 rings (SSSR count). The third kappa shape index (κ3) is 3.30. The molecular weight excluding hydrogens is 314 g/mol. The van der Waals surface area contributed by atoms with E-state index in [1.807, 2.05) is 12.4 Å². The molecule has 20 heavy (non-hydrogen) atoms. The van der Waals surface area contributed by atoms with Crippen LogP contribution >= 0.6 is 15.9 Å². The van der Waals surface area contributed by atoms with Crippen LogP contribution in [-0.2, 0) is 6.54 Å². The Kier molecular flexibility index (Phi) is 5.38. The van der Waals surface area contributed by atoms with E-state index < -0.39 is 0 Å². The summed E-state index contributed by atoms with van der Waals surface area (Å²) in [5.41, 5.74) is 2.57. The SMILES string of the molecule is CCCNC(c1ccc(Br)cc1C)c1nccn1CC. The number of nitrogens with zero attached hydrogens (tertiary/aromatic N) is 2. The summed E-state index contributed by atoms with van der Waals surface area (Å²) in [4.78, 5) is 4.57. The van der Waals surface area contributed by atoms with E-state index >= 15 is 0 Å². The summed E-state index contributed by atoms with van der Waals surface area (Å²) in [5, 5.41) is 3.62. The highest BCUT2D eigenvalue weighted by atomic mass is 79.9. The molecule has 0 aliphatic carbocycles. The highest BCUT2D eigenvalue weighted by Crippen LogP contribution is 2.26. The molecule has 0 saturated heterocycles. The lowest BCUT2D eigenvalue weighted by molar-refractivity contribution is 0.540. The Hall–Kier alpha value is -1.13. The van der Waals surface area contributed by atoms with Crippen molar-refractivity contribution in [3.63, 3.8) is 0 Å². The van der Waals surface area contributed by atoms with Gasteiger partial charge in [-0.05, 0) is 50.1 Å². The van der Waals surface area contributed by atoms with Gasteiger partial charge in [0.05, 0.1) is 6.04 Å². The Balaban J connectivity index is 2.41. The van der Waals surface area contributed by atoms with E-state index in [-0.39, 0.29) is 6.04 Å². The molecule has 1 N–H and O–H groups in total. The molecule has 1 atom stereocenters. The molecule has 3 nitrogen and oxygen atoms in total. The summed E-state index contributed by atoms with van der Waals surface area (Å²) in [6.45, 7) is 8.41. The van der Waals surface area contributed by atoms with E-state index in [2.05, 4.69) is 69.8 Å². The molecule has 108 valence electrons. The normalized spacial score (nSPS) is 12.6. The highest BCUT2D eigenvalue weighted by Gasteiger charge is 2.19. The molecule has 1 unspecified atom stereocenters. The second-order valence-electron chi connectivity index (χ2n) is 4.96. The van der Waals surface area contributed by atoms with Crippen LogP contribution in [0.5, 0.6) is 0 Å². The van der Waals surface area contributed by atoms with Gasteiger partial charge in [0.25, 0.3) is 0 Å². The molecule has 1 aromatic carbocycles. The predicted octanol–water partition coefficient (Wildman–Crippen LogP) is 4.06. The largest absolute Gasteiger partial charge is 0.334 e. The molecule has 0 bridgehead atoms. The molecule has 0 spiro atoms. The zero-order chi connectivity index (χ0) is 14.5. The second-order valence-corrected chi connectivity index (χ2v) is 5.88. The molecule has 1 heterocycles. The van der Waals surface area contributed by atoms with Crippen LogP contribution in [0.1, 0.15) is 43.3 Å². The van der Waals surface area contributed by atoms with Gasteiger partial charge in [0.15, 0.2) is 0 Å². The Morgan fingerprint density at radius 2 is 2.15 bits per heavy atom. The number of hydrogen-bond donors (Lipinski definition) is 1. The van der Waals surface area contributed by atoms with Gasteiger partial charge in [0.2, 0.25) is 0 Å². The molecule has 2 aromatic rings. The number of hydrogen-bond acceptors (Lipinski definition) is 2. The van der Waals surface area contributed by atoms with Crippen molar-refractivity contribution in [2.75, 3.05) is 6.54 Å². The van der Waals surface area contributed by atoms with Gasteiger partial charge in [-0.3, -0.25) is 0 Å². The molecule has 0 aliphatic heterocycles. The molecule has 0 saturated carbocycles. The molecule has 0 aliphatic rings. The fourth-order valence-corrected chi connectivity index (χ4v) is 2.92. The highest BCUT2D eigenvalue weighted by molar-refractivity contribution is 9.10. The maximum absolute atomic E-state index is 4.57. The molecule has 4 heteroatoms. The molecule has 0 fully saturated rings. The first-order valence-electron chi connectivity index (χ1n) is 7.17. The monoisotopic (exact) mass is 335 g/mol. The van der Waals surface area contributed by atoms with E-state index in [4.69, 9.17) is 0 Å². The Morgan fingerprint density at radius 3 is 2.80 bits per heavy atom. The van der Waals surface area contributed by atoms with Crippen LogP contribution in [0.15, 0.2) is 35.1 Å². The predicted molar refractivity (Wildman–Crippen MR) is 86.9 cm³/mol. The Bertz CT molecular complexity index is 563. The van der Waals surface area contributed by atoms with Gasteiger partial charge in [0.1, 0.15) is 5.82 Å². The topological polar surface area (TPSA) is 29.9 Å². The van der Waals surface area contributed by atoms with Crippen molar-refractivity contribution in [1.82, 2.24) is 14.9 Å². The summed E-state index contributed by atoms with van der Waals surface area (Å²) < 4.78 is 3.32. The molecule has 0 radical (unpaired) electrons. The van der Waals surface area contributed by atoms with E-state index in [1.54, 1.807) is 0 Å². The summed E-state index contributed by atoms with van der Waals surface area (Å²) >= 11 is 3.53. The summed E-state index contributed by atoms with van der Waals surface area (Å²) in [6, 6.07) is 6.59. The van der Waals surface area contributed by atoms with Gasteiger partial charge in [-0.15, -0.1) is 0 Å². The van der Waals surface area contributed by atoms with Crippen LogP contribution in [0.2, 0.25) is 0 Å². The van der Waals surface area contributed by atoms with Gasteiger partial charge in [-0.2, -0.15) is 0 Å². The van der Waals surface area contributed by atoms with Crippen molar-refractivity contribution in [2.45, 2.75) is 39.8 Å². The quantitative estimate of drug-likeness (QED) is 0.862. The summed E-state index contributed by atoms with van der Waals surface area (Å²) in [6.07, 6.45) is 5.04. The number of halogens is 1. The average molecular weight is 336 g/mol. The van der Waals surface area contributed by atoms with E-state index in [0.717, 1.165) is 29.8 Å². The fourth-order valence-electron chi connectivity index (χ4n) is 2.44. The van der Waals surface area contributed by atoms with Crippen molar-refractivity contribution < 1.29 is 0 Å². The standard InChI is InChI=1S/C16H22BrN3/c1-4-8-18-15(16-19-9-10-20(16)5-2)14-7-6-13(17)11-12(14)3/h6-7,9-11,15,18H,4-5,8H2,1-3H3. The minimum atomic E-state index is 0.151. The molecular formula is C16H22BrN3. The zero-order valence-electron chi connectivity index (χ0n) is 12.4. The van der Waals surface area contributed by atoms with Crippen molar-refractivity contribution in [3.05, 3.63) is 52.0 Å². The van der Waals surface area contributed by atoms with Crippen molar-refractivity contribution in [3.8, 4) is 0 Å². The maximum atomic E-state index is 4.57. The Morgan fingerprint density at radius 1 is 1.35 bits per heavy atom. The van der Waals surface area contributed by atoms with Gasteiger partial charge in [-0.1, -0.05) is 28.9 Å². The number of benzene rings is 1. The molecule has 1 aromatic heterocycles. The second kappa shape index (κ2) is 7.04. The smallest absolute Gasteiger partial charge is 0.130 e. The van der Waals surface area contributed by atoms with E-state index in [1.165, 1.54) is 11.1 Å². The maximum Gasteiger partial charge on any atom is 0.130 e. The van der Waals surface area contributed by atoms with Crippen molar-refractivity contribution in [1.29, 1.82) is 0 Å². The van der Waals surface area contributed by atoms with Gasteiger partial charge >= 0.3 is 0 Å². The van der Waals surface area contributed by atoms with Gasteiger partial charge in [0, 0.05) is 23.4 Å². The first-order chi connectivity index (χ1) is 9.67. The van der Waals surface area contributed by atoms with Crippen LogP contribution < -0.4 is 5.32 Å². The number of imidazole rings is 1. The minimum Gasteiger partial charge on any atom is -0.334 e. The van der Waals surface area contributed by atoms with Crippen LogP contribution in [-0.4, -0.2) is 16.1 Å². The van der Waals surface area contributed by atoms with E-state index in [9.17, 15) is 0 Å². The van der Waals surface area contributed by atoms with Crippen LogP contribution in [0.25, 0.3) is 0 Å². The molecule has 0 amide bonds. The number of rotatable bonds is 6. The van der Waals surface area contributed by atoms with E-state index in [0.29, 0.717) is 0 Å². The first-order valence-corrected chi connectivity index (χ1v) is 7.97. The minimum absolute atomic E-state index is 0.151. The average Bonchev–Trinajstić information content (AvgIpc) is 2.89. The number of aromatic nitrogens is 2. The Labute approximate surface area is 129 Å². The first kappa shape index (κ1) is 15.3. The lowest BCUT2D eigenvalue weighted by Crippen LogP contribution is -2.26. The summed E-state index contributed by atoms with van der Waals surface area (Å²) in [7, 11) is 0. The third-order valence-corrected chi connectivity index (χ3v) is 3.98. The fraction of sp³-hybridized carbons (Fsp3) is 0.438. The number of nitrogens with one attached hydrogen (secondary N) is 1. The zero-order valence-corrected chi connectivity index (χ0v) is 13.9. The van der Waals surface area contributed by atoms with Crippen LogP contribution in [0, 0.1) is 6.92 Å². The van der Waals surface area contributed by atoms with Crippen LogP contribution in [0.4, 0.5) is 0 Å².